The molecule has 94 valence electrons. The molecule has 0 fully saturated rings. The number of nitrogens with zero attached hydrogens (tertiary/aromatic N) is 1. The molecule has 2 rings (SSSR count). The highest BCUT2D eigenvalue weighted by molar-refractivity contribution is 5.29. The van der Waals surface area contributed by atoms with Crippen LogP contribution in [0.2, 0.25) is 0 Å². The molecule has 1 nitrogen and oxygen atoms in total. The van der Waals surface area contributed by atoms with Gasteiger partial charge in [-0.05, 0) is 41.0 Å². The minimum atomic E-state index is 0.535. The second-order valence-corrected chi connectivity index (χ2v) is 5.25. The topological polar surface area (TPSA) is 12.9 Å². The molecular weight excluding hydrogens is 218 g/mol. The van der Waals surface area contributed by atoms with E-state index in [9.17, 15) is 0 Å². The predicted octanol–water partition coefficient (Wildman–Crippen LogP) is 4.55. The van der Waals surface area contributed by atoms with Crippen molar-refractivity contribution in [3.8, 4) is 0 Å². The molecule has 1 aromatic heterocycles. The smallest absolute Gasteiger partial charge is 0.0302 e. The fraction of sp³-hybridized carbons (Fsp3) is 0.353. The van der Waals surface area contributed by atoms with E-state index in [4.69, 9.17) is 0 Å². The van der Waals surface area contributed by atoms with Crippen molar-refractivity contribution in [1.82, 2.24) is 4.98 Å². The quantitative estimate of drug-likeness (QED) is 0.762. The first-order valence-electron chi connectivity index (χ1n) is 6.66. The summed E-state index contributed by atoms with van der Waals surface area (Å²) in [4.78, 5) is 4.27. The molecule has 18 heavy (non-hydrogen) atoms. The monoisotopic (exact) mass is 239 g/mol. The van der Waals surface area contributed by atoms with E-state index >= 15 is 0 Å². The third kappa shape index (κ3) is 2.98. The van der Waals surface area contributed by atoms with Gasteiger partial charge in [0.2, 0.25) is 0 Å². The van der Waals surface area contributed by atoms with Crippen LogP contribution in [0.15, 0.2) is 48.8 Å². The number of aromatic nitrogens is 1. The lowest BCUT2D eigenvalue weighted by Crippen LogP contribution is -2.03. The molecule has 0 saturated heterocycles. The first-order chi connectivity index (χ1) is 8.68. The maximum Gasteiger partial charge on any atom is 0.0302 e. The lowest BCUT2D eigenvalue weighted by atomic mass is 9.89. The molecule has 1 unspecified atom stereocenters. The lowest BCUT2D eigenvalue weighted by molar-refractivity contribution is 0.733. The van der Waals surface area contributed by atoms with Crippen LogP contribution in [0.5, 0.6) is 0 Å². The van der Waals surface area contributed by atoms with E-state index in [2.05, 4.69) is 62.2 Å². The number of pyridine rings is 1. The van der Waals surface area contributed by atoms with E-state index in [1.807, 2.05) is 12.4 Å². The van der Waals surface area contributed by atoms with Crippen LogP contribution in [0.3, 0.4) is 0 Å². The van der Waals surface area contributed by atoms with Crippen LogP contribution in [0.25, 0.3) is 0 Å². The van der Waals surface area contributed by atoms with Crippen LogP contribution in [-0.4, -0.2) is 4.98 Å². The minimum absolute atomic E-state index is 0.535. The van der Waals surface area contributed by atoms with Gasteiger partial charge in [0.25, 0.3) is 0 Å². The Hall–Kier alpha value is -1.63. The van der Waals surface area contributed by atoms with Gasteiger partial charge in [0.1, 0.15) is 0 Å². The Kier molecular flexibility index (Phi) is 4.14. The van der Waals surface area contributed by atoms with Crippen LogP contribution in [0.4, 0.5) is 0 Å². The van der Waals surface area contributed by atoms with Gasteiger partial charge in [-0.2, -0.15) is 0 Å². The molecule has 2 aromatic rings. The number of benzene rings is 1. The van der Waals surface area contributed by atoms with Gasteiger partial charge in [-0.25, -0.2) is 0 Å². The van der Waals surface area contributed by atoms with Crippen LogP contribution in [0, 0.1) is 0 Å². The van der Waals surface area contributed by atoms with E-state index < -0.39 is 0 Å². The van der Waals surface area contributed by atoms with E-state index in [1.54, 1.807) is 0 Å². The lowest BCUT2D eigenvalue weighted by Gasteiger charge is -2.16. The molecule has 1 atom stereocenters. The molecule has 0 N–H and O–H groups in total. The van der Waals surface area contributed by atoms with Gasteiger partial charge in [0.15, 0.2) is 0 Å². The molecular formula is C17H21N. The zero-order valence-corrected chi connectivity index (χ0v) is 11.4. The Morgan fingerprint density at radius 2 is 1.72 bits per heavy atom. The maximum absolute atomic E-state index is 4.27. The molecule has 1 aromatic carbocycles. The number of hydrogen-bond acceptors (Lipinski definition) is 1. The summed E-state index contributed by atoms with van der Waals surface area (Å²) in [5.74, 6) is 1.10. The highest BCUT2D eigenvalue weighted by atomic mass is 14.6. The average molecular weight is 239 g/mol. The number of hydrogen-bond donors (Lipinski definition) is 0. The second-order valence-electron chi connectivity index (χ2n) is 5.25. The first kappa shape index (κ1) is 12.8. The molecule has 0 amide bonds. The van der Waals surface area contributed by atoms with Gasteiger partial charge in [-0.3, -0.25) is 4.98 Å². The van der Waals surface area contributed by atoms with Gasteiger partial charge in [0.05, 0.1) is 0 Å². The minimum Gasteiger partial charge on any atom is -0.264 e. The van der Waals surface area contributed by atoms with Crippen LogP contribution in [-0.2, 0) is 6.42 Å². The van der Waals surface area contributed by atoms with E-state index in [1.165, 1.54) is 16.7 Å². The van der Waals surface area contributed by atoms with Crippen LogP contribution in [0.1, 0.15) is 49.3 Å². The summed E-state index contributed by atoms with van der Waals surface area (Å²) in [5, 5.41) is 0. The Morgan fingerprint density at radius 3 is 2.39 bits per heavy atom. The predicted molar refractivity (Wildman–Crippen MR) is 76.9 cm³/mol. The molecule has 1 heterocycles. The summed E-state index contributed by atoms with van der Waals surface area (Å²) in [5.41, 5.74) is 4.20. The Balaban J connectivity index is 2.19. The van der Waals surface area contributed by atoms with Crippen molar-refractivity contribution in [3.63, 3.8) is 0 Å². The average Bonchev–Trinajstić information content (AvgIpc) is 2.40. The third-order valence-electron chi connectivity index (χ3n) is 3.46. The zero-order chi connectivity index (χ0) is 13.0. The molecule has 0 radical (unpaired) electrons. The third-order valence-corrected chi connectivity index (χ3v) is 3.46. The molecule has 0 aliphatic heterocycles. The van der Waals surface area contributed by atoms with E-state index in [0.29, 0.717) is 11.8 Å². The Morgan fingerprint density at radius 1 is 1.00 bits per heavy atom. The summed E-state index contributed by atoms with van der Waals surface area (Å²) >= 11 is 0. The van der Waals surface area contributed by atoms with Crippen molar-refractivity contribution in [3.05, 3.63) is 65.5 Å². The largest absolute Gasteiger partial charge is 0.264 e. The van der Waals surface area contributed by atoms with Crippen molar-refractivity contribution in [2.45, 2.75) is 39.0 Å². The Labute approximate surface area is 110 Å². The molecule has 0 aliphatic rings. The number of rotatable bonds is 4. The molecule has 0 saturated carbocycles. The van der Waals surface area contributed by atoms with E-state index in [-0.39, 0.29) is 0 Å². The van der Waals surface area contributed by atoms with Crippen molar-refractivity contribution in [2.75, 3.05) is 0 Å². The second kappa shape index (κ2) is 5.81. The molecule has 0 bridgehead atoms. The van der Waals surface area contributed by atoms with Crippen molar-refractivity contribution < 1.29 is 0 Å². The van der Waals surface area contributed by atoms with Gasteiger partial charge in [-0.15, -0.1) is 0 Å². The summed E-state index contributed by atoms with van der Waals surface area (Å²) < 4.78 is 0. The fourth-order valence-corrected chi connectivity index (χ4v) is 2.40. The van der Waals surface area contributed by atoms with Crippen LogP contribution < -0.4 is 0 Å². The van der Waals surface area contributed by atoms with Crippen LogP contribution >= 0.6 is 0 Å². The SMILES string of the molecule is CC(C)c1ccncc1CC(C)c1ccccc1. The molecule has 0 aliphatic carbocycles. The van der Waals surface area contributed by atoms with Crippen molar-refractivity contribution in [2.24, 2.45) is 0 Å². The van der Waals surface area contributed by atoms with Gasteiger partial charge < -0.3 is 0 Å². The van der Waals surface area contributed by atoms with Crippen molar-refractivity contribution in [1.29, 1.82) is 0 Å². The standard InChI is InChI=1S/C17H21N/c1-13(2)17-9-10-18-12-16(17)11-14(3)15-7-5-4-6-8-15/h4-10,12-14H,11H2,1-3H3. The summed E-state index contributed by atoms with van der Waals surface area (Å²) in [6, 6.07) is 12.8. The highest BCUT2D eigenvalue weighted by Gasteiger charge is 2.11. The first-order valence-corrected chi connectivity index (χ1v) is 6.66. The van der Waals surface area contributed by atoms with Crippen molar-refractivity contribution >= 4 is 0 Å². The summed E-state index contributed by atoms with van der Waals surface area (Å²) in [6.45, 7) is 6.77. The molecule has 1 heteroatoms. The fourth-order valence-electron chi connectivity index (χ4n) is 2.40. The van der Waals surface area contributed by atoms with Gasteiger partial charge >= 0.3 is 0 Å². The zero-order valence-electron chi connectivity index (χ0n) is 11.4. The maximum atomic E-state index is 4.27. The summed E-state index contributed by atoms with van der Waals surface area (Å²) in [7, 11) is 0. The van der Waals surface area contributed by atoms with Gasteiger partial charge in [-0.1, -0.05) is 51.1 Å². The normalized spacial score (nSPS) is 12.7. The summed E-state index contributed by atoms with van der Waals surface area (Å²) in [6.07, 6.45) is 4.98. The molecule has 0 spiro atoms. The highest BCUT2D eigenvalue weighted by Crippen LogP contribution is 2.25. The Bertz CT molecular complexity index is 488. The van der Waals surface area contributed by atoms with E-state index in [0.717, 1.165) is 6.42 Å². The van der Waals surface area contributed by atoms with Gasteiger partial charge in [0, 0.05) is 12.4 Å².